The van der Waals surface area contributed by atoms with Crippen LogP contribution in [0.2, 0.25) is 5.02 Å². The van der Waals surface area contributed by atoms with Gasteiger partial charge in [0.2, 0.25) is 14.2 Å². The van der Waals surface area contributed by atoms with Gasteiger partial charge in [-0.1, -0.05) is 89.4 Å². The first-order valence-electron chi connectivity index (χ1n) is 10.6. The molecule has 2 unspecified atom stereocenters. The van der Waals surface area contributed by atoms with E-state index in [2.05, 4.69) is 0 Å². The van der Waals surface area contributed by atoms with Crippen LogP contribution in [-0.2, 0) is 23.1 Å². The zero-order chi connectivity index (χ0) is 25.2. The maximum absolute atomic E-state index is 13.8. The van der Waals surface area contributed by atoms with Crippen molar-refractivity contribution >= 4 is 44.8 Å². The summed E-state index contributed by atoms with van der Waals surface area (Å²) in [5, 5.41) is 11.2. The molecule has 182 valence electrons. The van der Waals surface area contributed by atoms with E-state index in [1.165, 1.54) is 36.4 Å². The Morgan fingerprint density at radius 1 is 0.857 bits per heavy atom. The van der Waals surface area contributed by atoms with Crippen molar-refractivity contribution in [3.8, 4) is 11.1 Å². The highest BCUT2D eigenvalue weighted by atomic mass is 35.5. The number of nitrogens with zero attached hydrogens (tertiary/aromatic N) is 1. The average Bonchev–Trinajstić information content (AvgIpc) is 2.83. The van der Waals surface area contributed by atoms with Crippen LogP contribution < -0.4 is 0 Å². The first kappa shape index (κ1) is 25.9. The summed E-state index contributed by atoms with van der Waals surface area (Å²) < 4.78 is 39.9. The molecule has 0 spiro atoms. The molecule has 1 N–H and O–H groups in total. The normalized spacial score (nSPS) is 20.2. The zero-order valence-electron chi connectivity index (χ0n) is 18.3. The fourth-order valence-corrected chi connectivity index (χ4v) is 6.40. The lowest BCUT2D eigenvalue weighted by atomic mass is 10.0. The van der Waals surface area contributed by atoms with Gasteiger partial charge in [-0.25, -0.2) is 12.8 Å². The third-order valence-corrected chi connectivity index (χ3v) is 9.17. The highest BCUT2D eigenvalue weighted by Crippen LogP contribution is 2.38. The van der Waals surface area contributed by atoms with E-state index in [4.69, 9.17) is 34.8 Å². The van der Waals surface area contributed by atoms with Crippen molar-refractivity contribution in [2.45, 2.75) is 23.4 Å². The molecule has 0 aliphatic heterocycles. The predicted octanol–water partition coefficient (Wildman–Crippen LogP) is 6.47. The molecule has 2 atom stereocenters. The molecule has 3 aromatic rings. The second-order valence-electron chi connectivity index (χ2n) is 8.13. The van der Waals surface area contributed by atoms with Gasteiger partial charge in [0, 0.05) is 23.1 Å². The molecular formula is C26H21Cl3FNO3S. The summed E-state index contributed by atoms with van der Waals surface area (Å²) >= 11 is 18.5. The molecule has 35 heavy (non-hydrogen) atoms. The van der Waals surface area contributed by atoms with Crippen LogP contribution in [-0.4, -0.2) is 28.1 Å². The second kappa shape index (κ2) is 10.4. The quantitative estimate of drug-likeness (QED) is 0.342. The van der Waals surface area contributed by atoms with Crippen molar-refractivity contribution in [1.29, 1.82) is 0 Å². The van der Waals surface area contributed by atoms with Crippen molar-refractivity contribution in [3.63, 3.8) is 0 Å². The Morgan fingerprint density at radius 2 is 1.34 bits per heavy atom. The molecule has 4 rings (SSSR count). The highest BCUT2D eigenvalue weighted by molar-refractivity contribution is 7.92. The van der Waals surface area contributed by atoms with Gasteiger partial charge in [-0.2, -0.15) is 4.31 Å². The van der Waals surface area contributed by atoms with Crippen LogP contribution in [0.5, 0.6) is 0 Å². The summed E-state index contributed by atoms with van der Waals surface area (Å²) in [6, 6.07) is 20.3. The smallest absolute Gasteiger partial charge is 0.241 e. The van der Waals surface area contributed by atoms with Crippen LogP contribution >= 0.6 is 34.8 Å². The second-order valence-corrected chi connectivity index (χ2v) is 12.0. The summed E-state index contributed by atoms with van der Waals surface area (Å²) in [5.74, 6) is -0.433. The summed E-state index contributed by atoms with van der Waals surface area (Å²) in [6.07, 6.45) is 2.24. The lowest BCUT2D eigenvalue weighted by Gasteiger charge is -2.35. The van der Waals surface area contributed by atoms with Crippen molar-refractivity contribution in [2.75, 3.05) is 0 Å². The minimum atomic E-state index is -4.35. The Hall–Kier alpha value is -2.19. The standard InChI is InChI=1S/C26H21Cl3FNO3S/c27-22-9-7-21(8-10-22)20-5-1-18(2-6-20)16-31(17-19-3-12-24(30)13-4-19)35(33,34)26(29)15-23(28)11-14-25(26)32/h1-15,25,32H,16-17H2. The Morgan fingerprint density at radius 3 is 1.89 bits per heavy atom. The minimum Gasteiger partial charge on any atom is -0.386 e. The van der Waals surface area contributed by atoms with Gasteiger partial charge in [0.15, 0.2) is 0 Å². The van der Waals surface area contributed by atoms with E-state index in [0.717, 1.165) is 21.5 Å². The predicted molar refractivity (Wildman–Crippen MR) is 139 cm³/mol. The van der Waals surface area contributed by atoms with Gasteiger partial charge in [0.25, 0.3) is 0 Å². The number of sulfonamides is 1. The number of allylic oxidation sites excluding steroid dienone is 2. The summed E-state index contributed by atoms with van der Waals surface area (Å²) in [4.78, 5) is 0. The molecule has 0 saturated carbocycles. The van der Waals surface area contributed by atoms with E-state index in [1.54, 1.807) is 12.1 Å². The molecule has 0 heterocycles. The molecule has 4 nitrogen and oxygen atoms in total. The zero-order valence-corrected chi connectivity index (χ0v) is 21.4. The number of hydrogen-bond acceptors (Lipinski definition) is 3. The Bertz CT molecular complexity index is 1360. The number of aliphatic hydroxyl groups excluding tert-OH is 1. The van der Waals surface area contributed by atoms with E-state index >= 15 is 0 Å². The monoisotopic (exact) mass is 551 g/mol. The number of aliphatic hydroxyl groups is 1. The SMILES string of the molecule is O=S(=O)(N(Cc1ccc(F)cc1)Cc1ccc(-c2ccc(Cl)cc2)cc1)C1(Cl)C=C(Cl)C=CC1O. The lowest BCUT2D eigenvalue weighted by Crippen LogP contribution is -2.50. The van der Waals surface area contributed by atoms with Crippen molar-refractivity contribution in [1.82, 2.24) is 4.31 Å². The first-order valence-corrected chi connectivity index (χ1v) is 13.2. The van der Waals surface area contributed by atoms with Gasteiger partial charge in [0.1, 0.15) is 11.9 Å². The maximum atomic E-state index is 13.8. The van der Waals surface area contributed by atoms with Gasteiger partial charge < -0.3 is 5.11 Å². The summed E-state index contributed by atoms with van der Waals surface area (Å²) in [5.41, 5.74) is 3.16. The van der Waals surface area contributed by atoms with E-state index in [1.807, 2.05) is 36.4 Å². The van der Waals surface area contributed by atoms with Crippen molar-refractivity contribution in [3.05, 3.63) is 118 Å². The third kappa shape index (κ3) is 5.64. The first-order chi connectivity index (χ1) is 16.6. The van der Waals surface area contributed by atoms with Gasteiger partial charge >= 0.3 is 0 Å². The van der Waals surface area contributed by atoms with Crippen LogP contribution in [0.4, 0.5) is 4.39 Å². The Kier molecular flexibility index (Phi) is 7.71. The maximum Gasteiger partial charge on any atom is 0.241 e. The number of benzene rings is 3. The highest BCUT2D eigenvalue weighted by Gasteiger charge is 2.50. The minimum absolute atomic E-state index is 0.0308. The Balaban J connectivity index is 1.67. The summed E-state index contributed by atoms with van der Waals surface area (Å²) in [7, 11) is -4.35. The fourth-order valence-electron chi connectivity index (χ4n) is 3.73. The number of halogens is 4. The van der Waals surface area contributed by atoms with Gasteiger partial charge in [-0.05, 0) is 58.7 Å². The van der Waals surface area contributed by atoms with E-state index < -0.39 is 26.2 Å². The molecule has 9 heteroatoms. The average molecular weight is 553 g/mol. The molecule has 1 aliphatic carbocycles. The number of rotatable bonds is 7. The Labute approximate surface area is 218 Å². The fraction of sp³-hybridized carbons (Fsp3) is 0.154. The van der Waals surface area contributed by atoms with Crippen molar-refractivity contribution < 1.29 is 17.9 Å². The van der Waals surface area contributed by atoms with Crippen LogP contribution in [0, 0.1) is 5.82 Å². The van der Waals surface area contributed by atoms with Crippen molar-refractivity contribution in [2.24, 2.45) is 0 Å². The molecule has 0 aromatic heterocycles. The molecule has 0 saturated heterocycles. The largest absolute Gasteiger partial charge is 0.386 e. The lowest BCUT2D eigenvalue weighted by molar-refractivity contribution is 0.210. The third-order valence-electron chi connectivity index (χ3n) is 5.67. The summed E-state index contributed by atoms with van der Waals surface area (Å²) in [6.45, 7) is -0.116. The van der Waals surface area contributed by atoms with Crippen LogP contribution in [0.1, 0.15) is 11.1 Å². The molecule has 0 bridgehead atoms. The van der Waals surface area contributed by atoms with Gasteiger partial charge in [-0.15, -0.1) is 0 Å². The molecular weight excluding hydrogens is 532 g/mol. The molecule has 0 fully saturated rings. The van der Waals surface area contributed by atoms with Gasteiger partial charge in [-0.3, -0.25) is 0 Å². The molecule has 0 amide bonds. The molecule has 3 aromatic carbocycles. The number of alkyl halides is 1. The van der Waals surface area contributed by atoms with E-state index in [0.29, 0.717) is 16.1 Å². The molecule has 1 aliphatic rings. The number of hydrogen-bond donors (Lipinski definition) is 1. The van der Waals surface area contributed by atoms with Gasteiger partial charge in [0.05, 0.1) is 0 Å². The van der Waals surface area contributed by atoms with E-state index in [9.17, 15) is 17.9 Å². The topological polar surface area (TPSA) is 57.6 Å². The van der Waals surface area contributed by atoms with Crippen LogP contribution in [0.3, 0.4) is 0 Å². The molecule has 0 radical (unpaired) electrons. The van der Waals surface area contributed by atoms with Crippen LogP contribution in [0.25, 0.3) is 11.1 Å². The van der Waals surface area contributed by atoms with Crippen LogP contribution in [0.15, 0.2) is 96.1 Å². The van der Waals surface area contributed by atoms with E-state index in [-0.39, 0.29) is 18.1 Å².